The highest BCUT2D eigenvalue weighted by molar-refractivity contribution is 9.10. The fraction of sp³-hybridized carbons (Fsp3) is 0.167. The van der Waals surface area contributed by atoms with Crippen LogP contribution in [0.5, 0.6) is 5.75 Å². The second-order valence-corrected chi connectivity index (χ2v) is 7.73. The first-order valence-electron chi connectivity index (χ1n) is 5.58. The van der Waals surface area contributed by atoms with Gasteiger partial charge in [-0.15, -0.1) is 11.3 Å². The lowest BCUT2D eigenvalue weighted by Crippen LogP contribution is -2.12. The molecule has 0 saturated heterocycles. The Morgan fingerprint density at radius 1 is 1.32 bits per heavy atom. The summed E-state index contributed by atoms with van der Waals surface area (Å²) in [5.74, 6) is 0.834. The topological polar surface area (TPSA) is 55.4 Å². The van der Waals surface area contributed by atoms with Gasteiger partial charge in [0.25, 0.3) is 10.0 Å². The van der Waals surface area contributed by atoms with Crippen molar-refractivity contribution in [3.05, 3.63) is 39.7 Å². The van der Waals surface area contributed by atoms with E-state index in [-0.39, 0.29) is 4.21 Å². The molecule has 4 nitrogen and oxygen atoms in total. The van der Waals surface area contributed by atoms with Crippen LogP contribution in [0.2, 0.25) is 0 Å². The van der Waals surface area contributed by atoms with E-state index < -0.39 is 10.0 Å². The summed E-state index contributed by atoms with van der Waals surface area (Å²) in [6, 6.07) is 7.05. The molecule has 0 saturated carbocycles. The van der Waals surface area contributed by atoms with Crippen LogP contribution in [0.15, 0.2) is 38.3 Å². The highest BCUT2D eigenvalue weighted by atomic mass is 79.9. The van der Waals surface area contributed by atoms with Gasteiger partial charge in [0.1, 0.15) is 5.75 Å². The zero-order valence-corrected chi connectivity index (χ0v) is 12.9. The van der Waals surface area contributed by atoms with Gasteiger partial charge in [-0.2, -0.15) is 0 Å². The number of nitrogens with one attached hydrogen (secondary N) is 1. The summed E-state index contributed by atoms with van der Waals surface area (Å²) in [5, 5.41) is 1.73. The molecule has 0 amide bonds. The van der Waals surface area contributed by atoms with E-state index in [4.69, 9.17) is 4.74 Å². The van der Waals surface area contributed by atoms with E-state index in [1.165, 1.54) is 11.3 Å². The van der Waals surface area contributed by atoms with E-state index in [1.54, 1.807) is 23.6 Å². The van der Waals surface area contributed by atoms with Crippen LogP contribution < -0.4 is 9.46 Å². The fourth-order valence-electron chi connectivity index (χ4n) is 1.92. The Morgan fingerprint density at radius 2 is 2.16 bits per heavy atom. The zero-order valence-electron chi connectivity index (χ0n) is 9.72. The van der Waals surface area contributed by atoms with Crippen molar-refractivity contribution in [2.75, 3.05) is 11.3 Å². The normalized spacial score (nSPS) is 13.9. The molecule has 2 heterocycles. The number of ether oxygens (including phenoxy) is 1. The molecule has 1 aliphatic heterocycles. The molecule has 0 radical (unpaired) electrons. The van der Waals surface area contributed by atoms with E-state index in [1.807, 2.05) is 6.07 Å². The monoisotopic (exact) mass is 359 g/mol. The van der Waals surface area contributed by atoms with Gasteiger partial charge in [-0.1, -0.05) is 0 Å². The summed E-state index contributed by atoms with van der Waals surface area (Å²) in [7, 11) is -3.54. The molecule has 0 atom stereocenters. The molecule has 0 bridgehead atoms. The third-order valence-electron chi connectivity index (χ3n) is 2.77. The highest BCUT2D eigenvalue weighted by Gasteiger charge is 2.20. The number of hydrogen-bond acceptors (Lipinski definition) is 4. The van der Waals surface area contributed by atoms with E-state index >= 15 is 0 Å². The molecule has 1 aliphatic rings. The maximum absolute atomic E-state index is 12.2. The quantitative estimate of drug-likeness (QED) is 0.914. The maximum atomic E-state index is 12.2. The first-order valence-corrected chi connectivity index (χ1v) is 8.73. The third kappa shape index (κ3) is 2.50. The number of benzene rings is 1. The largest absolute Gasteiger partial charge is 0.493 e. The Bertz CT molecular complexity index is 724. The summed E-state index contributed by atoms with van der Waals surface area (Å²) in [5.41, 5.74) is 1.59. The Labute approximate surface area is 123 Å². The molecule has 0 unspecified atom stereocenters. The van der Waals surface area contributed by atoms with Crippen molar-refractivity contribution in [2.24, 2.45) is 0 Å². The van der Waals surface area contributed by atoms with Crippen LogP contribution in [0, 0.1) is 0 Å². The number of hydrogen-bond donors (Lipinski definition) is 1. The van der Waals surface area contributed by atoms with Gasteiger partial charge >= 0.3 is 0 Å². The first kappa shape index (κ1) is 13.0. The summed E-state index contributed by atoms with van der Waals surface area (Å²) < 4.78 is 33.3. The molecule has 3 rings (SSSR count). The van der Waals surface area contributed by atoms with Crippen LogP contribution in [0.25, 0.3) is 0 Å². The summed E-state index contributed by atoms with van der Waals surface area (Å²) >= 11 is 4.42. The zero-order chi connectivity index (χ0) is 13.5. The Morgan fingerprint density at radius 3 is 2.89 bits per heavy atom. The first-order chi connectivity index (χ1) is 9.06. The van der Waals surface area contributed by atoms with Gasteiger partial charge in [0.15, 0.2) is 4.21 Å². The lowest BCUT2D eigenvalue weighted by atomic mass is 10.1. The highest BCUT2D eigenvalue weighted by Crippen LogP contribution is 2.32. The number of thiophene rings is 1. The number of anilines is 1. The van der Waals surface area contributed by atoms with Crippen LogP contribution in [-0.4, -0.2) is 15.0 Å². The van der Waals surface area contributed by atoms with Gasteiger partial charge in [-0.3, -0.25) is 4.72 Å². The Kier molecular flexibility index (Phi) is 3.28. The van der Waals surface area contributed by atoms with E-state index in [9.17, 15) is 8.42 Å². The summed E-state index contributed by atoms with van der Waals surface area (Å²) in [6.07, 6.45) is 0.813. The molecule has 1 aromatic carbocycles. The van der Waals surface area contributed by atoms with E-state index in [2.05, 4.69) is 20.7 Å². The molecule has 0 fully saturated rings. The minimum absolute atomic E-state index is 0.282. The maximum Gasteiger partial charge on any atom is 0.272 e. The standard InChI is InChI=1S/C12H10BrNO3S2/c13-10-4-6-18-12(10)19(15,16)14-9-1-2-11-8(7-9)3-5-17-11/h1-2,4,6-7,14H,3,5H2. The second-order valence-electron chi connectivity index (χ2n) is 4.08. The number of sulfonamides is 1. The van der Waals surface area contributed by atoms with Gasteiger partial charge in [0, 0.05) is 16.6 Å². The van der Waals surface area contributed by atoms with Crippen molar-refractivity contribution in [2.45, 2.75) is 10.6 Å². The van der Waals surface area contributed by atoms with Crippen LogP contribution in [-0.2, 0) is 16.4 Å². The summed E-state index contributed by atoms with van der Waals surface area (Å²) in [4.78, 5) is 0. The van der Waals surface area contributed by atoms with Gasteiger partial charge in [-0.05, 0) is 51.1 Å². The minimum atomic E-state index is -3.54. The predicted molar refractivity (Wildman–Crippen MR) is 78.5 cm³/mol. The SMILES string of the molecule is O=S(=O)(Nc1ccc2c(c1)CCO2)c1sccc1Br. The Balaban J connectivity index is 1.91. The summed E-state index contributed by atoms with van der Waals surface area (Å²) in [6.45, 7) is 0.655. The molecule has 0 aliphatic carbocycles. The average molecular weight is 360 g/mol. The number of halogens is 1. The number of rotatable bonds is 3. The van der Waals surface area contributed by atoms with Crippen molar-refractivity contribution in [3.63, 3.8) is 0 Å². The van der Waals surface area contributed by atoms with Crippen LogP contribution in [0.4, 0.5) is 5.69 Å². The lowest BCUT2D eigenvalue weighted by molar-refractivity contribution is 0.357. The molecule has 1 aromatic heterocycles. The van der Waals surface area contributed by atoms with Gasteiger partial charge < -0.3 is 4.74 Å². The molecule has 2 aromatic rings. The van der Waals surface area contributed by atoms with E-state index in [0.717, 1.165) is 17.7 Å². The molecular formula is C12H10BrNO3S2. The molecular weight excluding hydrogens is 350 g/mol. The number of fused-ring (bicyclic) bond motifs is 1. The van der Waals surface area contributed by atoms with Gasteiger partial charge in [-0.25, -0.2) is 8.42 Å². The van der Waals surface area contributed by atoms with Crippen molar-refractivity contribution in [3.8, 4) is 5.75 Å². The average Bonchev–Trinajstić information content (AvgIpc) is 2.96. The molecule has 19 heavy (non-hydrogen) atoms. The fourth-order valence-corrected chi connectivity index (χ4v) is 5.31. The molecule has 0 spiro atoms. The van der Waals surface area contributed by atoms with Crippen LogP contribution >= 0.6 is 27.3 Å². The second kappa shape index (κ2) is 4.81. The van der Waals surface area contributed by atoms with E-state index in [0.29, 0.717) is 16.8 Å². The van der Waals surface area contributed by atoms with Crippen molar-refractivity contribution < 1.29 is 13.2 Å². The van der Waals surface area contributed by atoms with Gasteiger partial charge in [0.2, 0.25) is 0 Å². The van der Waals surface area contributed by atoms with Crippen molar-refractivity contribution in [1.29, 1.82) is 0 Å². The lowest BCUT2D eigenvalue weighted by Gasteiger charge is -2.08. The van der Waals surface area contributed by atoms with Crippen LogP contribution in [0.1, 0.15) is 5.56 Å². The Hall–Kier alpha value is -1.05. The van der Waals surface area contributed by atoms with Crippen molar-refractivity contribution >= 4 is 43.0 Å². The predicted octanol–water partition coefficient (Wildman–Crippen LogP) is 3.25. The smallest absolute Gasteiger partial charge is 0.272 e. The van der Waals surface area contributed by atoms with Crippen LogP contribution in [0.3, 0.4) is 0 Å². The molecule has 100 valence electrons. The van der Waals surface area contributed by atoms with Crippen molar-refractivity contribution in [1.82, 2.24) is 0 Å². The molecule has 1 N–H and O–H groups in total. The molecule has 7 heteroatoms. The third-order valence-corrected chi connectivity index (χ3v) is 6.82. The van der Waals surface area contributed by atoms with Gasteiger partial charge in [0.05, 0.1) is 6.61 Å². The minimum Gasteiger partial charge on any atom is -0.493 e.